The summed E-state index contributed by atoms with van der Waals surface area (Å²) in [6.45, 7) is 1.08. The van der Waals surface area contributed by atoms with Crippen molar-refractivity contribution in [1.82, 2.24) is 4.98 Å². The van der Waals surface area contributed by atoms with Crippen molar-refractivity contribution in [2.75, 3.05) is 11.4 Å². The first kappa shape index (κ1) is 9.63. The fourth-order valence-electron chi connectivity index (χ4n) is 2.93. The lowest BCUT2D eigenvalue weighted by Gasteiger charge is -2.28. The Morgan fingerprint density at radius 2 is 2.38 bits per heavy atom. The van der Waals surface area contributed by atoms with Gasteiger partial charge in [-0.25, -0.2) is 4.98 Å². The Hall–Kier alpha value is -1.58. The number of rotatable bonds is 2. The Balaban J connectivity index is 1.89. The molecule has 2 heterocycles. The molecule has 2 bridgehead atoms. The molecule has 1 aliphatic carbocycles. The number of carbonyl (C=O) groups is 1. The molecule has 2 atom stereocenters. The number of amides is 1. The first-order valence-electron chi connectivity index (χ1n) is 5.76. The first-order valence-corrected chi connectivity index (χ1v) is 5.76. The molecule has 0 radical (unpaired) electrons. The van der Waals surface area contributed by atoms with E-state index < -0.39 is 0 Å². The summed E-state index contributed by atoms with van der Waals surface area (Å²) < 4.78 is 0. The molecule has 1 saturated heterocycles. The van der Waals surface area contributed by atoms with Crippen molar-refractivity contribution in [3.05, 3.63) is 23.9 Å². The number of hydrogen-bond acceptors (Lipinski definition) is 3. The Bertz CT molecular complexity index is 432. The van der Waals surface area contributed by atoms with Crippen LogP contribution in [0.1, 0.15) is 29.6 Å². The fraction of sp³-hybridized carbons (Fsp3) is 0.500. The third kappa shape index (κ3) is 1.45. The third-order valence-electron chi connectivity index (χ3n) is 3.73. The van der Waals surface area contributed by atoms with Crippen LogP contribution in [0.2, 0.25) is 0 Å². The maximum atomic E-state index is 11.1. The van der Waals surface area contributed by atoms with Gasteiger partial charge in [-0.1, -0.05) is 0 Å². The summed E-state index contributed by atoms with van der Waals surface area (Å²) in [6, 6.07) is 4.10. The van der Waals surface area contributed by atoms with E-state index in [2.05, 4.69) is 9.88 Å². The highest BCUT2D eigenvalue weighted by atomic mass is 16.1. The van der Waals surface area contributed by atoms with Crippen molar-refractivity contribution in [2.24, 2.45) is 11.7 Å². The molecular weight excluding hydrogens is 202 g/mol. The normalized spacial score (nSPS) is 27.4. The van der Waals surface area contributed by atoms with Crippen molar-refractivity contribution >= 4 is 11.7 Å². The van der Waals surface area contributed by atoms with Crippen molar-refractivity contribution in [1.29, 1.82) is 0 Å². The third-order valence-corrected chi connectivity index (χ3v) is 3.73. The SMILES string of the molecule is NC(=O)c1ccnc(N2C[C@@H]3CC[C@@H]2C3)c1. The lowest BCUT2D eigenvalue weighted by atomic mass is 10.1. The van der Waals surface area contributed by atoms with Crippen LogP contribution in [-0.4, -0.2) is 23.5 Å². The molecule has 16 heavy (non-hydrogen) atoms. The monoisotopic (exact) mass is 217 g/mol. The van der Waals surface area contributed by atoms with Crippen LogP contribution in [0, 0.1) is 5.92 Å². The van der Waals surface area contributed by atoms with Gasteiger partial charge in [0, 0.05) is 24.3 Å². The van der Waals surface area contributed by atoms with Crippen molar-refractivity contribution in [2.45, 2.75) is 25.3 Å². The van der Waals surface area contributed by atoms with Crippen LogP contribution in [-0.2, 0) is 0 Å². The van der Waals surface area contributed by atoms with Crippen molar-refractivity contribution in [3.8, 4) is 0 Å². The minimum absolute atomic E-state index is 0.381. The lowest BCUT2D eigenvalue weighted by Crippen LogP contribution is -2.32. The number of hydrogen-bond donors (Lipinski definition) is 1. The molecule has 4 nitrogen and oxygen atoms in total. The molecule has 0 spiro atoms. The second kappa shape index (κ2) is 3.47. The zero-order valence-corrected chi connectivity index (χ0v) is 9.10. The van der Waals surface area contributed by atoms with Crippen molar-refractivity contribution in [3.63, 3.8) is 0 Å². The molecule has 2 N–H and O–H groups in total. The number of primary amides is 1. The predicted molar refractivity (Wildman–Crippen MR) is 61.2 cm³/mol. The number of piperidine rings is 1. The topological polar surface area (TPSA) is 59.2 Å². The fourth-order valence-corrected chi connectivity index (χ4v) is 2.93. The van der Waals surface area contributed by atoms with Crippen LogP contribution in [0.4, 0.5) is 5.82 Å². The number of anilines is 1. The first-order chi connectivity index (χ1) is 7.74. The summed E-state index contributed by atoms with van der Waals surface area (Å²) >= 11 is 0. The van der Waals surface area contributed by atoms with Gasteiger partial charge in [0.1, 0.15) is 5.82 Å². The summed E-state index contributed by atoms with van der Waals surface area (Å²) in [5.74, 6) is 1.35. The largest absolute Gasteiger partial charge is 0.366 e. The average Bonchev–Trinajstić information content (AvgIpc) is 2.91. The van der Waals surface area contributed by atoms with E-state index in [1.807, 2.05) is 6.07 Å². The molecule has 0 unspecified atom stereocenters. The molecule has 1 aromatic heterocycles. The van der Waals surface area contributed by atoms with Gasteiger partial charge in [-0.2, -0.15) is 0 Å². The Kier molecular flexibility index (Phi) is 2.09. The van der Waals surface area contributed by atoms with Crippen LogP contribution in [0.3, 0.4) is 0 Å². The van der Waals surface area contributed by atoms with Gasteiger partial charge in [0.05, 0.1) is 0 Å². The van der Waals surface area contributed by atoms with Gasteiger partial charge in [-0.3, -0.25) is 4.79 Å². The number of pyridine rings is 1. The van der Waals surface area contributed by atoms with E-state index in [0.717, 1.165) is 18.3 Å². The van der Waals surface area contributed by atoms with Gasteiger partial charge in [0.2, 0.25) is 5.91 Å². The molecule has 3 rings (SSSR count). The van der Waals surface area contributed by atoms with Crippen LogP contribution in [0.5, 0.6) is 0 Å². The molecule has 1 aromatic rings. The Labute approximate surface area is 94.5 Å². The second-order valence-electron chi connectivity index (χ2n) is 4.75. The molecule has 0 aromatic carbocycles. The minimum Gasteiger partial charge on any atom is -0.366 e. The van der Waals surface area contributed by atoms with Gasteiger partial charge >= 0.3 is 0 Å². The zero-order valence-electron chi connectivity index (χ0n) is 9.10. The van der Waals surface area contributed by atoms with E-state index in [1.165, 1.54) is 19.3 Å². The van der Waals surface area contributed by atoms with Gasteiger partial charge in [0.15, 0.2) is 0 Å². The highest BCUT2D eigenvalue weighted by Gasteiger charge is 2.38. The number of nitrogens with two attached hydrogens (primary N) is 1. The number of aromatic nitrogens is 1. The lowest BCUT2D eigenvalue weighted by molar-refractivity contribution is 0.1000. The average molecular weight is 217 g/mol. The zero-order chi connectivity index (χ0) is 11.1. The van der Waals surface area contributed by atoms with E-state index in [1.54, 1.807) is 12.3 Å². The van der Waals surface area contributed by atoms with Crippen LogP contribution in [0.25, 0.3) is 0 Å². The maximum absolute atomic E-state index is 11.1. The van der Waals surface area contributed by atoms with E-state index in [4.69, 9.17) is 5.73 Å². The standard InChI is InChI=1S/C12H15N3O/c13-12(16)9-3-4-14-11(6-9)15-7-8-1-2-10(15)5-8/h3-4,6,8,10H,1-2,5,7H2,(H2,13,16)/t8-,10-/m1/s1. The molecule has 84 valence electrons. The van der Waals surface area contributed by atoms with E-state index >= 15 is 0 Å². The molecule has 2 aliphatic rings. The van der Waals surface area contributed by atoms with Crippen molar-refractivity contribution < 1.29 is 4.79 Å². The van der Waals surface area contributed by atoms with Gasteiger partial charge in [0.25, 0.3) is 0 Å². The number of carbonyl (C=O) groups excluding carboxylic acids is 1. The Morgan fingerprint density at radius 1 is 1.50 bits per heavy atom. The van der Waals surface area contributed by atoms with Crippen LogP contribution < -0.4 is 10.6 Å². The minimum atomic E-state index is -0.381. The maximum Gasteiger partial charge on any atom is 0.248 e. The summed E-state index contributed by atoms with van der Waals surface area (Å²) in [7, 11) is 0. The van der Waals surface area contributed by atoms with E-state index in [-0.39, 0.29) is 5.91 Å². The molecule has 1 aliphatic heterocycles. The quantitative estimate of drug-likeness (QED) is 0.809. The van der Waals surface area contributed by atoms with Crippen LogP contribution in [0.15, 0.2) is 18.3 Å². The highest BCUT2D eigenvalue weighted by Crippen LogP contribution is 2.39. The highest BCUT2D eigenvalue weighted by molar-refractivity contribution is 5.93. The van der Waals surface area contributed by atoms with E-state index in [9.17, 15) is 4.79 Å². The molecule has 1 saturated carbocycles. The number of nitrogens with zero attached hydrogens (tertiary/aromatic N) is 2. The molecule has 2 fully saturated rings. The smallest absolute Gasteiger partial charge is 0.248 e. The predicted octanol–water partition coefficient (Wildman–Crippen LogP) is 1.17. The molecular formula is C12H15N3O. The second-order valence-corrected chi connectivity index (χ2v) is 4.75. The summed E-state index contributed by atoms with van der Waals surface area (Å²) in [4.78, 5) is 17.8. The van der Waals surface area contributed by atoms with E-state index in [0.29, 0.717) is 11.6 Å². The summed E-state index contributed by atoms with van der Waals surface area (Å²) in [6.07, 6.45) is 5.55. The Morgan fingerprint density at radius 3 is 3.00 bits per heavy atom. The molecule has 1 amide bonds. The van der Waals surface area contributed by atoms with Gasteiger partial charge in [-0.15, -0.1) is 0 Å². The van der Waals surface area contributed by atoms with Crippen LogP contribution >= 0.6 is 0 Å². The van der Waals surface area contributed by atoms with Gasteiger partial charge in [-0.05, 0) is 37.3 Å². The molecule has 4 heteroatoms. The van der Waals surface area contributed by atoms with Gasteiger partial charge < -0.3 is 10.6 Å². The summed E-state index contributed by atoms with van der Waals surface area (Å²) in [5, 5.41) is 0. The summed E-state index contributed by atoms with van der Waals surface area (Å²) in [5.41, 5.74) is 5.82. The number of fused-ring (bicyclic) bond motifs is 2.